The first-order valence-corrected chi connectivity index (χ1v) is 17.3. The van der Waals surface area contributed by atoms with Crippen molar-refractivity contribution in [3.8, 4) is 0 Å². The van der Waals surface area contributed by atoms with Gasteiger partial charge in [-0.2, -0.15) is 0 Å². The van der Waals surface area contributed by atoms with Gasteiger partial charge in [0.2, 0.25) is 0 Å². The second-order valence-corrected chi connectivity index (χ2v) is 22.2. The Labute approximate surface area is 157 Å². The van der Waals surface area contributed by atoms with E-state index in [0.717, 1.165) is 4.48 Å². The van der Waals surface area contributed by atoms with Crippen LogP contribution in [0.2, 0.25) is 17.7 Å². The van der Waals surface area contributed by atoms with Crippen LogP contribution in [0, 0.1) is 0 Å². The van der Waals surface area contributed by atoms with Crippen LogP contribution in [0.3, 0.4) is 0 Å². The van der Waals surface area contributed by atoms with Gasteiger partial charge in [-0.15, -0.1) is 0 Å². The first-order chi connectivity index (χ1) is 9.39. The van der Waals surface area contributed by atoms with E-state index in [1.54, 1.807) is 17.7 Å². The summed E-state index contributed by atoms with van der Waals surface area (Å²) >= 11 is -1.80. The number of rotatable bonds is 13. The second-order valence-electron chi connectivity index (χ2n) is 7.93. The molecule has 0 saturated carbocycles. The van der Waals surface area contributed by atoms with Gasteiger partial charge in [0.1, 0.15) is 0 Å². The van der Waals surface area contributed by atoms with Crippen LogP contribution in [0.15, 0.2) is 0 Å². The minimum atomic E-state index is -1.80. The Morgan fingerprint density at radius 1 is 0.619 bits per heavy atom. The summed E-state index contributed by atoms with van der Waals surface area (Å²) < 4.78 is 7.87. The molecule has 0 atom stereocenters. The van der Waals surface area contributed by atoms with E-state index in [1.807, 2.05) is 0 Å². The van der Waals surface area contributed by atoms with Gasteiger partial charge < -0.3 is 24.0 Å². The molecule has 0 unspecified atom stereocenters. The van der Waals surface area contributed by atoms with Crippen molar-refractivity contribution in [2.24, 2.45) is 0 Å². The quantitative estimate of drug-likeness (QED) is 0.200. The predicted octanol–water partition coefficient (Wildman–Crippen LogP) is 2.94. The molecule has 0 saturated heterocycles. The van der Waals surface area contributed by atoms with Gasteiger partial charge in [-0.25, -0.2) is 0 Å². The molecule has 0 radical (unpaired) electrons. The van der Waals surface area contributed by atoms with E-state index in [9.17, 15) is 0 Å². The first-order valence-electron chi connectivity index (χ1n) is 9.19. The molecule has 0 aromatic rings. The van der Waals surface area contributed by atoms with Gasteiger partial charge in [0, 0.05) is 0 Å². The summed E-state index contributed by atoms with van der Waals surface area (Å²) in [4.78, 5) is 0. The molecule has 0 aliphatic rings. The molecular formula is C18H42INSn. The maximum absolute atomic E-state index is 2.38. The molecule has 0 rings (SSSR count). The number of halogens is 1. The molecule has 0 aliphatic heterocycles. The van der Waals surface area contributed by atoms with Crippen LogP contribution in [0.25, 0.3) is 0 Å². The molecule has 1 nitrogen and oxygen atoms in total. The second kappa shape index (κ2) is 13.9. The minimum Gasteiger partial charge on any atom is -1.00 e. The molecule has 130 valence electrons. The minimum absolute atomic E-state index is 0. The monoisotopic (exact) mass is 519 g/mol. The van der Waals surface area contributed by atoms with Gasteiger partial charge in [0.25, 0.3) is 0 Å². The smallest absolute Gasteiger partial charge is 1.00 e. The van der Waals surface area contributed by atoms with E-state index in [-0.39, 0.29) is 24.0 Å². The van der Waals surface area contributed by atoms with Gasteiger partial charge in [0.15, 0.2) is 0 Å². The number of hydrogen-bond acceptors (Lipinski definition) is 0. The molecular weight excluding hydrogens is 476 g/mol. The van der Waals surface area contributed by atoms with Crippen molar-refractivity contribution in [3.63, 3.8) is 0 Å². The predicted molar refractivity (Wildman–Crippen MR) is 97.2 cm³/mol. The third kappa shape index (κ3) is 13.6. The third-order valence-corrected chi connectivity index (χ3v) is 20.9. The number of nitrogens with zero attached hydrogens (tertiary/aromatic N) is 1. The van der Waals surface area contributed by atoms with Crippen LogP contribution in [0.4, 0.5) is 0 Å². The Morgan fingerprint density at radius 3 is 1.24 bits per heavy atom. The largest absolute Gasteiger partial charge is 1.00 e. The molecule has 0 aliphatic carbocycles. The van der Waals surface area contributed by atoms with Gasteiger partial charge >= 0.3 is 134 Å². The van der Waals surface area contributed by atoms with Crippen LogP contribution in [0.5, 0.6) is 0 Å². The van der Waals surface area contributed by atoms with Crippen LogP contribution in [-0.2, 0) is 0 Å². The Kier molecular flexibility index (Phi) is 16.4. The van der Waals surface area contributed by atoms with Crippen molar-refractivity contribution in [2.75, 3.05) is 27.7 Å². The zero-order valence-electron chi connectivity index (χ0n) is 15.8. The van der Waals surface area contributed by atoms with E-state index in [4.69, 9.17) is 0 Å². The zero-order valence-corrected chi connectivity index (χ0v) is 20.8. The molecule has 0 aromatic carbocycles. The summed E-state index contributed by atoms with van der Waals surface area (Å²) in [5.74, 6) is 0. The maximum atomic E-state index is 2.38. The standard InChI is InChI=1S/C6H15N.3C4H9.HI.Sn/c1-5-6-7(2,3)4;3*1-3-4-2;;/h1,5-6H2,2-4H3;3*1,3-4H2,2H3;1H;/q+1;;;;;/p-1. The molecule has 0 aromatic heterocycles. The van der Waals surface area contributed by atoms with E-state index >= 15 is 0 Å². The van der Waals surface area contributed by atoms with Crippen LogP contribution < -0.4 is 24.0 Å². The summed E-state index contributed by atoms with van der Waals surface area (Å²) in [6.07, 6.45) is 10.3. The van der Waals surface area contributed by atoms with Crippen LogP contribution >= 0.6 is 0 Å². The molecule has 0 spiro atoms. The molecule has 0 heterocycles. The molecule has 0 N–H and O–H groups in total. The zero-order chi connectivity index (χ0) is 15.5. The van der Waals surface area contributed by atoms with E-state index in [1.165, 1.54) is 51.5 Å². The van der Waals surface area contributed by atoms with Crippen molar-refractivity contribution < 1.29 is 28.5 Å². The van der Waals surface area contributed by atoms with Crippen molar-refractivity contribution in [2.45, 2.75) is 83.5 Å². The van der Waals surface area contributed by atoms with E-state index in [0.29, 0.717) is 0 Å². The number of quaternary nitrogens is 1. The third-order valence-electron chi connectivity index (χ3n) is 4.72. The van der Waals surface area contributed by atoms with Gasteiger partial charge in [0.05, 0.1) is 0 Å². The SMILES string of the molecule is CCC[CH2][Sn]([CH2]CCC)([CH2]CCC)[CH2]CC[N+](C)(C)C.[I-]. The van der Waals surface area contributed by atoms with E-state index in [2.05, 4.69) is 41.9 Å². The molecule has 0 bridgehead atoms. The Morgan fingerprint density at radius 2 is 0.952 bits per heavy atom. The van der Waals surface area contributed by atoms with Crippen LogP contribution in [-0.4, -0.2) is 50.5 Å². The van der Waals surface area contributed by atoms with Crippen molar-refractivity contribution in [3.05, 3.63) is 0 Å². The fourth-order valence-electron chi connectivity index (χ4n) is 3.33. The first kappa shape index (κ1) is 24.7. The fraction of sp³-hybridized carbons (Fsp3) is 1.00. The van der Waals surface area contributed by atoms with Crippen molar-refractivity contribution >= 4 is 18.4 Å². The molecule has 3 heteroatoms. The van der Waals surface area contributed by atoms with Gasteiger partial charge in [-0.05, 0) is 0 Å². The summed E-state index contributed by atoms with van der Waals surface area (Å²) in [6.45, 7) is 8.51. The summed E-state index contributed by atoms with van der Waals surface area (Å²) in [5.41, 5.74) is 0. The van der Waals surface area contributed by atoms with Crippen LogP contribution in [0.1, 0.15) is 65.7 Å². The van der Waals surface area contributed by atoms with Gasteiger partial charge in [-0.1, -0.05) is 0 Å². The average Bonchev–Trinajstić information content (AvgIpc) is 2.38. The summed E-state index contributed by atoms with van der Waals surface area (Å²) in [6, 6.07) is 0. The Bertz CT molecular complexity index is 204. The van der Waals surface area contributed by atoms with Gasteiger partial charge in [-0.3, -0.25) is 0 Å². The maximum Gasteiger partial charge on any atom is -1.00 e. The summed E-state index contributed by atoms with van der Waals surface area (Å²) in [7, 11) is 7.05. The Hall–Kier alpha value is 1.49. The Balaban J connectivity index is 0. The van der Waals surface area contributed by atoms with E-state index < -0.39 is 18.4 Å². The fourth-order valence-corrected chi connectivity index (χ4v) is 19.7. The molecule has 0 fully saturated rings. The topological polar surface area (TPSA) is 0 Å². The number of unbranched alkanes of at least 4 members (excludes halogenated alkanes) is 3. The van der Waals surface area contributed by atoms with Crippen molar-refractivity contribution in [1.29, 1.82) is 0 Å². The van der Waals surface area contributed by atoms with Crippen molar-refractivity contribution in [1.82, 2.24) is 0 Å². The number of hydrogen-bond donors (Lipinski definition) is 0. The normalized spacial score (nSPS) is 12.3. The average molecular weight is 518 g/mol. The molecule has 21 heavy (non-hydrogen) atoms. The molecule has 0 amide bonds. The summed E-state index contributed by atoms with van der Waals surface area (Å²) in [5, 5.41) is 0.